The average molecular weight is 334 g/mol. The van der Waals surface area contributed by atoms with E-state index in [2.05, 4.69) is 9.97 Å². The molecule has 0 amide bonds. The number of halogens is 1. The molecule has 2 N–H and O–H groups in total. The summed E-state index contributed by atoms with van der Waals surface area (Å²) in [4.78, 5) is 21.5. The minimum atomic E-state index is -0.374. The molecule has 0 aliphatic rings. The zero-order valence-corrected chi connectivity index (χ0v) is 13.2. The van der Waals surface area contributed by atoms with Gasteiger partial charge in [0, 0.05) is 16.0 Å². The number of nitrogen functional groups attached to an aromatic ring is 1. The van der Waals surface area contributed by atoms with E-state index in [1.807, 2.05) is 12.1 Å². The van der Waals surface area contributed by atoms with Gasteiger partial charge in [-0.15, -0.1) is 11.3 Å². The second-order valence-electron chi connectivity index (χ2n) is 4.49. The van der Waals surface area contributed by atoms with E-state index >= 15 is 0 Å². The molecule has 0 saturated heterocycles. The van der Waals surface area contributed by atoms with E-state index in [1.165, 1.54) is 11.3 Å². The molecule has 0 fully saturated rings. The quantitative estimate of drug-likeness (QED) is 0.738. The Balaban J connectivity index is 2.19. The molecule has 2 aromatic heterocycles. The molecule has 5 nitrogen and oxygen atoms in total. The van der Waals surface area contributed by atoms with Crippen molar-refractivity contribution in [3.05, 3.63) is 40.2 Å². The number of carbonyl (C=O) groups is 1. The maximum absolute atomic E-state index is 11.9. The highest BCUT2D eigenvalue weighted by atomic mass is 35.5. The molecule has 1 aromatic carbocycles. The smallest absolute Gasteiger partial charge is 0.348 e. The normalized spacial score (nSPS) is 10.8. The van der Waals surface area contributed by atoms with E-state index in [0.717, 1.165) is 10.9 Å². The van der Waals surface area contributed by atoms with Crippen molar-refractivity contribution < 1.29 is 9.53 Å². The first-order valence-corrected chi connectivity index (χ1v) is 7.78. The van der Waals surface area contributed by atoms with Crippen LogP contribution < -0.4 is 5.73 Å². The first-order chi connectivity index (χ1) is 10.6. The van der Waals surface area contributed by atoms with Gasteiger partial charge in [-0.25, -0.2) is 14.8 Å². The van der Waals surface area contributed by atoms with Crippen LogP contribution in [0.1, 0.15) is 16.6 Å². The van der Waals surface area contributed by atoms with Crippen LogP contribution in [0.3, 0.4) is 0 Å². The third-order valence-corrected chi connectivity index (χ3v) is 4.23. The molecule has 2 heterocycles. The van der Waals surface area contributed by atoms with E-state index in [0.29, 0.717) is 27.0 Å². The number of fused-ring (bicyclic) bond motifs is 1. The molecular weight excluding hydrogens is 322 g/mol. The fourth-order valence-corrected chi connectivity index (χ4v) is 3.22. The summed E-state index contributed by atoms with van der Waals surface area (Å²) >= 11 is 7.27. The maximum Gasteiger partial charge on any atom is 0.348 e. The number of aromatic nitrogens is 2. The highest BCUT2D eigenvalue weighted by Gasteiger charge is 2.17. The first kappa shape index (κ1) is 14.7. The molecule has 0 unspecified atom stereocenters. The molecule has 0 radical (unpaired) electrons. The van der Waals surface area contributed by atoms with Gasteiger partial charge in [0.05, 0.1) is 12.3 Å². The topological polar surface area (TPSA) is 78.1 Å². The van der Waals surface area contributed by atoms with Gasteiger partial charge >= 0.3 is 5.97 Å². The zero-order chi connectivity index (χ0) is 15.7. The number of rotatable bonds is 3. The van der Waals surface area contributed by atoms with E-state index in [1.54, 1.807) is 25.1 Å². The van der Waals surface area contributed by atoms with E-state index in [9.17, 15) is 4.79 Å². The van der Waals surface area contributed by atoms with Crippen LogP contribution >= 0.6 is 22.9 Å². The second kappa shape index (κ2) is 5.90. The largest absolute Gasteiger partial charge is 0.462 e. The van der Waals surface area contributed by atoms with Crippen molar-refractivity contribution in [1.29, 1.82) is 0 Å². The van der Waals surface area contributed by atoms with Gasteiger partial charge in [-0.2, -0.15) is 0 Å². The lowest BCUT2D eigenvalue weighted by molar-refractivity contribution is 0.0532. The minimum Gasteiger partial charge on any atom is -0.462 e. The molecule has 7 heteroatoms. The lowest BCUT2D eigenvalue weighted by Crippen LogP contribution is -2.01. The predicted octanol–water partition coefficient (Wildman–Crippen LogP) is 3.77. The van der Waals surface area contributed by atoms with E-state index < -0.39 is 0 Å². The summed E-state index contributed by atoms with van der Waals surface area (Å²) in [5.74, 6) is -0.221. The Kier molecular flexibility index (Phi) is 3.96. The fourth-order valence-electron chi connectivity index (χ4n) is 2.10. The number of thiophene rings is 1. The molecular formula is C15H12ClN3O2S. The highest BCUT2D eigenvalue weighted by Crippen LogP contribution is 2.33. The Hall–Kier alpha value is -2.18. The standard InChI is InChI=1S/C15H12ClN3O2S/c1-2-21-14(20)11-7-10-12(8-4-3-5-9(16)6-8)18-15(17)19-13(10)22-11/h3-7H,2H2,1H3,(H2,17,18,19). The van der Waals surface area contributed by atoms with E-state index in [4.69, 9.17) is 22.1 Å². The van der Waals surface area contributed by atoms with Crippen molar-refractivity contribution >= 4 is 45.1 Å². The summed E-state index contributed by atoms with van der Waals surface area (Å²) in [6.07, 6.45) is 0. The van der Waals surface area contributed by atoms with Crippen molar-refractivity contribution in [2.45, 2.75) is 6.92 Å². The van der Waals surface area contributed by atoms with Crippen LogP contribution in [-0.4, -0.2) is 22.5 Å². The van der Waals surface area contributed by atoms with Crippen LogP contribution in [0.4, 0.5) is 5.95 Å². The van der Waals surface area contributed by atoms with Crippen molar-refractivity contribution in [3.63, 3.8) is 0 Å². The summed E-state index contributed by atoms with van der Waals surface area (Å²) in [7, 11) is 0. The van der Waals surface area contributed by atoms with Crippen molar-refractivity contribution in [3.8, 4) is 11.3 Å². The van der Waals surface area contributed by atoms with Crippen LogP contribution in [0.25, 0.3) is 21.5 Å². The Morgan fingerprint density at radius 3 is 2.91 bits per heavy atom. The SMILES string of the molecule is CCOC(=O)c1cc2c(-c3cccc(Cl)c3)nc(N)nc2s1. The van der Waals surface area contributed by atoms with Gasteiger partial charge in [-0.3, -0.25) is 0 Å². The molecule has 0 saturated carbocycles. The average Bonchev–Trinajstić information content (AvgIpc) is 2.90. The zero-order valence-electron chi connectivity index (χ0n) is 11.7. The molecule has 3 aromatic rings. The van der Waals surface area contributed by atoms with Gasteiger partial charge in [0.2, 0.25) is 5.95 Å². The van der Waals surface area contributed by atoms with Gasteiger partial charge < -0.3 is 10.5 Å². The van der Waals surface area contributed by atoms with Crippen LogP contribution in [-0.2, 0) is 4.74 Å². The molecule has 0 bridgehead atoms. The lowest BCUT2D eigenvalue weighted by atomic mass is 10.1. The summed E-state index contributed by atoms with van der Waals surface area (Å²) < 4.78 is 5.02. The summed E-state index contributed by atoms with van der Waals surface area (Å²) in [5, 5.41) is 1.35. The summed E-state index contributed by atoms with van der Waals surface area (Å²) in [6.45, 7) is 2.09. The first-order valence-electron chi connectivity index (χ1n) is 6.58. The number of nitrogens with zero attached hydrogens (tertiary/aromatic N) is 2. The van der Waals surface area contributed by atoms with Gasteiger partial charge in [0.1, 0.15) is 9.71 Å². The Labute approximate surface area is 135 Å². The van der Waals surface area contributed by atoms with Crippen LogP contribution in [0, 0.1) is 0 Å². The fraction of sp³-hybridized carbons (Fsp3) is 0.133. The van der Waals surface area contributed by atoms with Crippen molar-refractivity contribution in [2.24, 2.45) is 0 Å². The highest BCUT2D eigenvalue weighted by molar-refractivity contribution is 7.20. The number of ether oxygens (including phenoxy) is 1. The molecule has 22 heavy (non-hydrogen) atoms. The molecule has 3 rings (SSSR count). The number of anilines is 1. The number of benzene rings is 1. The molecule has 0 atom stereocenters. The number of hydrogen-bond donors (Lipinski definition) is 1. The Bertz CT molecular complexity index is 863. The van der Waals surface area contributed by atoms with Gasteiger partial charge in [0.25, 0.3) is 0 Å². The number of carbonyl (C=O) groups excluding carboxylic acids is 1. The number of nitrogens with two attached hydrogens (primary N) is 1. The molecule has 0 aliphatic heterocycles. The third-order valence-electron chi connectivity index (χ3n) is 2.98. The Morgan fingerprint density at radius 2 is 2.18 bits per heavy atom. The van der Waals surface area contributed by atoms with Gasteiger partial charge in [-0.1, -0.05) is 23.7 Å². The maximum atomic E-state index is 11.9. The van der Waals surface area contributed by atoms with Gasteiger partial charge in [-0.05, 0) is 25.1 Å². The third kappa shape index (κ3) is 2.75. The van der Waals surface area contributed by atoms with Crippen molar-refractivity contribution in [1.82, 2.24) is 9.97 Å². The molecule has 112 valence electrons. The molecule has 0 aliphatic carbocycles. The van der Waals surface area contributed by atoms with Crippen LogP contribution in [0.15, 0.2) is 30.3 Å². The lowest BCUT2D eigenvalue weighted by Gasteiger charge is -2.04. The second-order valence-corrected chi connectivity index (χ2v) is 5.96. The Morgan fingerprint density at radius 1 is 1.36 bits per heavy atom. The van der Waals surface area contributed by atoms with Crippen LogP contribution in [0.5, 0.6) is 0 Å². The summed E-state index contributed by atoms with van der Waals surface area (Å²) in [6, 6.07) is 9.03. The number of esters is 1. The minimum absolute atomic E-state index is 0.153. The summed E-state index contributed by atoms with van der Waals surface area (Å²) in [5.41, 5.74) is 7.25. The van der Waals surface area contributed by atoms with E-state index in [-0.39, 0.29) is 11.9 Å². The molecule has 0 spiro atoms. The monoisotopic (exact) mass is 333 g/mol. The number of hydrogen-bond acceptors (Lipinski definition) is 6. The predicted molar refractivity (Wildman–Crippen MR) is 88.2 cm³/mol. The van der Waals surface area contributed by atoms with Gasteiger partial charge in [0.15, 0.2) is 0 Å². The van der Waals surface area contributed by atoms with Crippen molar-refractivity contribution in [2.75, 3.05) is 12.3 Å². The van der Waals surface area contributed by atoms with Crippen LogP contribution in [0.2, 0.25) is 5.02 Å².